The molecule has 0 spiro atoms. The minimum absolute atomic E-state index is 0.0669. The van der Waals surface area contributed by atoms with Crippen molar-refractivity contribution >= 4 is 29.7 Å². The molecule has 0 aliphatic heterocycles. The summed E-state index contributed by atoms with van der Waals surface area (Å²) in [5.41, 5.74) is 22.5. The summed E-state index contributed by atoms with van der Waals surface area (Å²) in [5, 5.41) is 25.7. The van der Waals surface area contributed by atoms with E-state index in [1.807, 2.05) is 0 Å². The molecule has 0 aliphatic rings. The Labute approximate surface area is 214 Å². The monoisotopic (exact) mass is 526 g/mol. The first kappa shape index (κ1) is 31.3. The number of hydrogen-bond acceptors (Lipinski definition) is 9. The predicted molar refractivity (Wildman–Crippen MR) is 134 cm³/mol. The Morgan fingerprint density at radius 1 is 0.973 bits per heavy atom. The van der Waals surface area contributed by atoms with Crippen molar-refractivity contribution in [3.63, 3.8) is 0 Å². The topological polar surface area (TPSA) is 290 Å². The summed E-state index contributed by atoms with van der Waals surface area (Å²) in [6, 6.07) is -4.79. The van der Waals surface area contributed by atoms with Crippen molar-refractivity contribution in [3.8, 4) is 0 Å². The van der Waals surface area contributed by atoms with Crippen LogP contribution in [0.2, 0.25) is 0 Å². The predicted octanol–water partition coefficient (Wildman–Crippen LogP) is -4.01. The third kappa shape index (κ3) is 12.2. The SMILES string of the molecule is NCCCCC(N)C(=O)NC(CCCN=C(N)N)C(=O)NC(Cc1cnc[nH]1)C(=O)NC(CO)C(=O)O. The van der Waals surface area contributed by atoms with Gasteiger partial charge in [-0.15, -0.1) is 0 Å². The van der Waals surface area contributed by atoms with Gasteiger partial charge >= 0.3 is 5.97 Å². The van der Waals surface area contributed by atoms with Gasteiger partial charge in [-0.2, -0.15) is 0 Å². The number of guanidine groups is 1. The molecule has 3 amide bonds. The van der Waals surface area contributed by atoms with Crippen molar-refractivity contribution in [2.24, 2.45) is 27.9 Å². The van der Waals surface area contributed by atoms with E-state index in [4.69, 9.17) is 28.0 Å². The van der Waals surface area contributed by atoms with Gasteiger partial charge in [0.1, 0.15) is 18.1 Å². The molecule has 1 aromatic heterocycles. The molecule has 208 valence electrons. The van der Waals surface area contributed by atoms with Crippen molar-refractivity contribution in [1.29, 1.82) is 0 Å². The average molecular weight is 527 g/mol. The number of nitrogens with zero attached hydrogens (tertiary/aromatic N) is 2. The smallest absolute Gasteiger partial charge is 0.328 e. The fourth-order valence-electron chi connectivity index (χ4n) is 3.25. The number of imidazole rings is 1. The van der Waals surface area contributed by atoms with Crippen LogP contribution in [-0.4, -0.2) is 93.7 Å². The Balaban J connectivity index is 3.02. The van der Waals surface area contributed by atoms with E-state index < -0.39 is 54.5 Å². The first-order valence-corrected chi connectivity index (χ1v) is 11.8. The number of aromatic amines is 1. The van der Waals surface area contributed by atoms with Crippen LogP contribution < -0.4 is 38.9 Å². The molecule has 16 heteroatoms. The maximum absolute atomic E-state index is 13.2. The van der Waals surface area contributed by atoms with E-state index in [1.54, 1.807) is 0 Å². The van der Waals surface area contributed by atoms with E-state index in [2.05, 4.69) is 30.9 Å². The van der Waals surface area contributed by atoms with E-state index in [-0.39, 0.29) is 25.3 Å². The third-order valence-electron chi connectivity index (χ3n) is 5.29. The standard InChI is InChI=1S/C21H38N10O6/c22-6-2-1-4-13(23)17(33)29-14(5-3-7-27-21(24)25)18(34)30-15(8-12-9-26-11-28-12)19(35)31-16(10-32)20(36)37/h9,11,13-16,32H,1-8,10,22-23H2,(H,26,28)(H,29,33)(H,30,34)(H,31,35)(H,36,37)(H4,24,25,27). The number of hydrogen-bond donors (Lipinski definition) is 10. The molecule has 4 atom stereocenters. The minimum Gasteiger partial charge on any atom is -0.480 e. The summed E-state index contributed by atoms with van der Waals surface area (Å²) in [6.07, 6.45) is 4.88. The lowest BCUT2D eigenvalue weighted by Crippen LogP contribution is -2.58. The number of carboxylic acids is 1. The lowest BCUT2D eigenvalue weighted by molar-refractivity contribution is -0.143. The third-order valence-corrected chi connectivity index (χ3v) is 5.29. The number of aliphatic carboxylic acids is 1. The molecular formula is C21H38N10O6. The van der Waals surface area contributed by atoms with E-state index in [0.29, 0.717) is 37.9 Å². The number of carbonyl (C=O) groups is 4. The molecule has 0 saturated carbocycles. The summed E-state index contributed by atoms with van der Waals surface area (Å²) in [5.74, 6) is -3.69. The number of rotatable bonds is 18. The van der Waals surface area contributed by atoms with E-state index in [1.165, 1.54) is 12.5 Å². The van der Waals surface area contributed by atoms with E-state index in [9.17, 15) is 24.3 Å². The molecule has 16 nitrogen and oxygen atoms in total. The Morgan fingerprint density at radius 3 is 2.19 bits per heavy atom. The van der Waals surface area contributed by atoms with Gasteiger partial charge in [0, 0.05) is 24.9 Å². The highest BCUT2D eigenvalue weighted by molar-refractivity contribution is 5.94. The number of H-pyrrole nitrogens is 1. The van der Waals surface area contributed by atoms with Gasteiger partial charge in [-0.1, -0.05) is 6.42 Å². The van der Waals surface area contributed by atoms with Crippen LogP contribution >= 0.6 is 0 Å². The van der Waals surface area contributed by atoms with Crippen LogP contribution in [0.25, 0.3) is 0 Å². The number of unbranched alkanes of at least 4 members (excludes halogenated alkanes) is 1. The second kappa shape index (κ2) is 16.8. The average Bonchev–Trinajstić information content (AvgIpc) is 3.36. The number of amides is 3. The van der Waals surface area contributed by atoms with Gasteiger partial charge in [0.15, 0.2) is 5.96 Å². The van der Waals surface area contributed by atoms with E-state index in [0.717, 1.165) is 0 Å². The normalized spacial score (nSPS) is 14.0. The molecule has 0 radical (unpaired) electrons. The van der Waals surface area contributed by atoms with Crippen molar-refractivity contribution in [3.05, 3.63) is 18.2 Å². The van der Waals surface area contributed by atoms with Crippen LogP contribution in [0, 0.1) is 0 Å². The molecule has 0 bridgehead atoms. The first-order valence-electron chi connectivity index (χ1n) is 11.8. The zero-order chi connectivity index (χ0) is 27.8. The lowest BCUT2D eigenvalue weighted by Gasteiger charge is -2.25. The summed E-state index contributed by atoms with van der Waals surface area (Å²) in [7, 11) is 0. The number of carboxylic acid groups (broad SMARTS) is 1. The Morgan fingerprint density at radius 2 is 1.62 bits per heavy atom. The quantitative estimate of drug-likeness (QED) is 0.0499. The molecule has 1 rings (SSSR count). The number of nitrogens with two attached hydrogens (primary N) is 4. The van der Waals surface area contributed by atoms with Crippen LogP contribution in [0.1, 0.15) is 37.8 Å². The summed E-state index contributed by atoms with van der Waals surface area (Å²) in [6.45, 7) is -0.195. The molecule has 1 aromatic rings. The Bertz CT molecular complexity index is 890. The van der Waals surface area contributed by atoms with Gasteiger partial charge in [0.05, 0.1) is 19.0 Å². The van der Waals surface area contributed by atoms with Gasteiger partial charge < -0.3 is 54.1 Å². The van der Waals surface area contributed by atoms with Crippen LogP contribution in [0.4, 0.5) is 0 Å². The minimum atomic E-state index is -1.57. The molecule has 0 aliphatic carbocycles. The van der Waals surface area contributed by atoms with Gasteiger partial charge in [0.2, 0.25) is 17.7 Å². The van der Waals surface area contributed by atoms with E-state index >= 15 is 0 Å². The molecule has 37 heavy (non-hydrogen) atoms. The highest BCUT2D eigenvalue weighted by Gasteiger charge is 2.30. The van der Waals surface area contributed by atoms with Crippen molar-refractivity contribution in [1.82, 2.24) is 25.9 Å². The van der Waals surface area contributed by atoms with Crippen LogP contribution in [-0.2, 0) is 25.6 Å². The molecule has 0 saturated heterocycles. The zero-order valence-corrected chi connectivity index (χ0v) is 20.6. The maximum atomic E-state index is 13.2. The van der Waals surface area contributed by atoms with Crippen molar-refractivity contribution < 1.29 is 29.4 Å². The van der Waals surface area contributed by atoms with Crippen LogP contribution in [0.3, 0.4) is 0 Å². The van der Waals surface area contributed by atoms with Crippen LogP contribution in [0.5, 0.6) is 0 Å². The Hall–Kier alpha value is -3.76. The molecule has 0 fully saturated rings. The van der Waals surface area contributed by atoms with Gasteiger partial charge in [-0.25, -0.2) is 9.78 Å². The summed E-state index contributed by atoms with van der Waals surface area (Å²) < 4.78 is 0. The van der Waals surface area contributed by atoms with Gasteiger partial charge in [-0.3, -0.25) is 19.4 Å². The first-order chi connectivity index (χ1) is 17.6. The number of nitrogens with one attached hydrogen (secondary N) is 4. The summed E-state index contributed by atoms with van der Waals surface area (Å²) in [4.78, 5) is 60.4. The number of aliphatic hydroxyl groups is 1. The number of carbonyl (C=O) groups excluding carboxylic acids is 3. The summed E-state index contributed by atoms with van der Waals surface area (Å²) >= 11 is 0. The second-order valence-electron chi connectivity index (χ2n) is 8.33. The number of aliphatic hydroxyl groups excluding tert-OH is 1. The fraction of sp³-hybridized carbons (Fsp3) is 0.619. The molecular weight excluding hydrogens is 488 g/mol. The Kier molecular flexibility index (Phi) is 14.2. The van der Waals surface area contributed by atoms with Crippen LogP contribution in [0.15, 0.2) is 17.5 Å². The number of aliphatic imine (C=N–C) groups is 1. The zero-order valence-electron chi connectivity index (χ0n) is 20.6. The van der Waals surface area contributed by atoms with Crippen molar-refractivity contribution in [2.75, 3.05) is 19.7 Å². The lowest BCUT2D eigenvalue weighted by atomic mass is 10.1. The fourth-order valence-corrected chi connectivity index (χ4v) is 3.25. The molecule has 14 N–H and O–H groups in total. The van der Waals surface area contributed by atoms with Crippen molar-refractivity contribution in [2.45, 2.75) is 62.7 Å². The number of aromatic nitrogens is 2. The second-order valence-corrected chi connectivity index (χ2v) is 8.33. The maximum Gasteiger partial charge on any atom is 0.328 e. The molecule has 4 unspecified atom stereocenters. The largest absolute Gasteiger partial charge is 0.480 e. The van der Waals surface area contributed by atoms with Gasteiger partial charge in [-0.05, 0) is 32.2 Å². The molecule has 0 aromatic carbocycles. The van der Waals surface area contributed by atoms with Gasteiger partial charge in [0.25, 0.3) is 0 Å². The molecule has 1 heterocycles. The highest BCUT2D eigenvalue weighted by Crippen LogP contribution is 2.06. The highest BCUT2D eigenvalue weighted by atomic mass is 16.4.